The van der Waals surface area contributed by atoms with Gasteiger partial charge < -0.3 is 10.0 Å². The fourth-order valence-electron chi connectivity index (χ4n) is 2.38. The maximum absolute atomic E-state index is 12.2. The molecule has 1 aliphatic carbocycles. The molecule has 1 aromatic rings. The summed E-state index contributed by atoms with van der Waals surface area (Å²) in [5.74, 6) is 0.446. The molecule has 2 N–H and O–H groups in total. The largest absolute Gasteiger partial charge is 0.393 e. The van der Waals surface area contributed by atoms with Gasteiger partial charge in [0, 0.05) is 19.3 Å². The fourth-order valence-corrected chi connectivity index (χ4v) is 2.38. The zero-order valence-corrected chi connectivity index (χ0v) is 10.5. The molecule has 1 aliphatic rings. The van der Waals surface area contributed by atoms with E-state index in [0.29, 0.717) is 18.0 Å². The minimum Gasteiger partial charge on any atom is -0.393 e. The average Bonchev–Trinajstić information content (AvgIpc) is 2.55. The summed E-state index contributed by atoms with van der Waals surface area (Å²) in [6, 6.07) is 0. The Morgan fingerprint density at radius 3 is 2.65 bits per heavy atom. The Bertz CT molecular complexity index is 402. The fraction of sp³-hybridized carbons (Fsp3) is 0.667. The molecular weight excluding hydrogens is 218 g/mol. The van der Waals surface area contributed by atoms with Gasteiger partial charge in [-0.15, -0.1) is 0 Å². The number of aliphatic hydroxyl groups excluding tert-OH is 1. The summed E-state index contributed by atoms with van der Waals surface area (Å²) in [5, 5.41) is 16.1. The van der Waals surface area contributed by atoms with Crippen molar-refractivity contribution in [2.75, 3.05) is 13.6 Å². The van der Waals surface area contributed by atoms with Crippen molar-refractivity contribution in [2.45, 2.75) is 32.8 Å². The molecule has 1 fully saturated rings. The van der Waals surface area contributed by atoms with Crippen molar-refractivity contribution < 1.29 is 9.90 Å². The van der Waals surface area contributed by atoms with Gasteiger partial charge in [0.15, 0.2) is 0 Å². The van der Waals surface area contributed by atoms with Crippen LogP contribution in [0.1, 0.15) is 34.6 Å². The third kappa shape index (κ3) is 2.34. The highest BCUT2D eigenvalue weighted by Gasteiger charge is 2.30. The summed E-state index contributed by atoms with van der Waals surface area (Å²) >= 11 is 0. The van der Waals surface area contributed by atoms with E-state index in [2.05, 4.69) is 10.2 Å². The third-order valence-corrected chi connectivity index (χ3v) is 3.43. The molecule has 0 spiro atoms. The third-order valence-electron chi connectivity index (χ3n) is 3.43. The zero-order chi connectivity index (χ0) is 12.6. The quantitative estimate of drug-likeness (QED) is 0.819. The van der Waals surface area contributed by atoms with E-state index in [0.717, 1.165) is 24.2 Å². The second-order valence-electron chi connectivity index (χ2n) is 4.99. The van der Waals surface area contributed by atoms with Crippen molar-refractivity contribution in [1.29, 1.82) is 0 Å². The zero-order valence-electron chi connectivity index (χ0n) is 10.5. The number of aromatic nitrogens is 2. The molecule has 5 heteroatoms. The smallest absolute Gasteiger partial charge is 0.257 e. The van der Waals surface area contributed by atoms with Gasteiger partial charge in [-0.25, -0.2) is 0 Å². The number of hydrogen-bond acceptors (Lipinski definition) is 3. The molecular formula is C12H19N3O2. The number of rotatable bonds is 3. The number of aromatic amines is 1. The molecule has 0 atom stereocenters. The molecule has 0 bridgehead atoms. The molecule has 17 heavy (non-hydrogen) atoms. The average molecular weight is 237 g/mol. The molecule has 1 aromatic heterocycles. The standard InChI is InChI=1S/C12H19N3O2/c1-7-11(8(2)14-13-7)12(17)15(3)6-9-4-10(16)5-9/h9-10,16H,4-6H2,1-3H3,(H,13,14). The Kier molecular flexibility index (Phi) is 3.19. The van der Waals surface area contributed by atoms with Crippen LogP contribution in [0.25, 0.3) is 0 Å². The summed E-state index contributed by atoms with van der Waals surface area (Å²) in [7, 11) is 1.80. The molecule has 0 radical (unpaired) electrons. The van der Waals surface area contributed by atoms with Crippen LogP contribution in [-0.4, -0.2) is 45.8 Å². The van der Waals surface area contributed by atoms with E-state index in [1.54, 1.807) is 11.9 Å². The molecule has 0 saturated heterocycles. The Labute approximate surface area is 101 Å². The van der Waals surface area contributed by atoms with Crippen molar-refractivity contribution in [3.05, 3.63) is 17.0 Å². The van der Waals surface area contributed by atoms with E-state index in [9.17, 15) is 9.90 Å². The molecule has 1 amide bonds. The maximum Gasteiger partial charge on any atom is 0.257 e. The van der Waals surface area contributed by atoms with Crippen LogP contribution in [0.15, 0.2) is 0 Å². The summed E-state index contributed by atoms with van der Waals surface area (Å²) < 4.78 is 0. The first-order valence-electron chi connectivity index (χ1n) is 5.94. The van der Waals surface area contributed by atoms with Gasteiger partial charge in [-0.2, -0.15) is 5.10 Å². The van der Waals surface area contributed by atoms with Gasteiger partial charge in [-0.05, 0) is 32.6 Å². The molecule has 0 aliphatic heterocycles. The van der Waals surface area contributed by atoms with E-state index in [1.165, 1.54) is 0 Å². The predicted molar refractivity (Wildman–Crippen MR) is 63.8 cm³/mol. The number of nitrogens with zero attached hydrogens (tertiary/aromatic N) is 2. The minimum absolute atomic E-state index is 0.00939. The normalized spacial score (nSPS) is 23.3. The molecule has 0 unspecified atom stereocenters. The predicted octanol–water partition coefficient (Wildman–Crippen LogP) is 0.869. The SMILES string of the molecule is Cc1n[nH]c(C)c1C(=O)N(C)CC1CC(O)C1. The van der Waals surface area contributed by atoms with Crippen LogP contribution in [0.4, 0.5) is 0 Å². The van der Waals surface area contributed by atoms with Crippen LogP contribution in [0, 0.1) is 19.8 Å². The summed E-state index contributed by atoms with van der Waals surface area (Å²) in [6.07, 6.45) is 1.45. The number of H-pyrrole nitrogens is 1. The van der Waals surface area contributed by atoms with Crippen LogP contribution in [0.5, 0.6) is 0 Å². The van der Waals surface area contributed by atoms with Crippen molar-refractivity contribution >= 4 is 5.91 Å². The van der Waals surface area contributed by atoms with Gasteiger partial charge in [0.05, 0.1) is 17.4 Å². The first-order valence-corrected chi connectivity index (χ1v) is 5.94. The number of aliphatic hydroxyl groups is 1. The highest BCUT2D eigenvalue weighted by molar-refractivity contribution is 5.96. The van der Waals surface area contributed by atoms with E-state index in [-0.39, 0.29) is 12.0 Å². The summed E-state index contributed by atoms with van der Waals surface area (Å²) in [5.41, 5.74) is 2.23. The van der Waals surface area contributed by atoms with Crippen molar-refractivity contribution in [3.8, 4) is 0 Å². The molecule has 2 rings (SSSR count). The number of aryl methyl sites for hydroxylation is 2. The Morgan fingerprint density at radius 1 is 1.53 bits per heavy atom. The lowest BCUT2D eigenvalue weighted by atomic mass is 9.82. The molecule has 1 heterocycles. The monoisotopic (exact) mass is 237 g/mol. The van der Waals surface area contributed by atoms with E-state index in [1.807, 2.05) is 13.8 Å². The molecule has 0 aromatic carbocycles. The summed E-state index contributed by atoms with van der Waals surface area (Å²) in [4.78, 5) is 13.9. The van der Waals surface area contributed by atoms with Gasteiger partial charge in [0.25, 0.3) is 5.91 Å². The number of carbonyl (C=O) groups is 1. The minimum atomic E-state index is -0.166. The number of nitrogens with one attached hydrogen (secondary N) is 1. The number of hydrogen-bond donors (Lipinski definition) is 2. The lowest BCUT2D eigenvalue weighted by Gasteiger charge is -2.34. The van der Waals surface area contributed by atoms with Gasteiger partial charge >= 0.3 is 0 Å². The Morgan fingerprint density at radius 2 is 2.18 bits per heavy atom. The van der Waals surface area contributed by atoms with Crippen molar-refractivity contribution in [3.63, 3.8) is 0 Å². The van der Waals surface area contributed by atoms with Crippen LogP contribution >= 0.6 is 0 Å². The Hall–Kier alpha value is -1.36. The first kappa shape index (κ1) is 12.1. The highest BCUT2D eigenvalue weighted by atomic mass is 16.3. The second-order valence-corrected chi connectivity index (χ2v) is 4.99. The lowest BCUT2D eigenvalue weighted by molar-refractivity contribution is 0.0265. The van der Waals surface area contributed by atoms with Crippen molar-refractivity contribution in [2.24, 2.45) is 5.92 Å². The van der Waals surface area contributed by atoms with E-state index >= 15 is 0 Å². The lowest BCUT2D eigenvalue weighted by Crippen LogP contribution is -2.39. The first-order chi connectivity index (χ1) is 7.99. The van der Waals surface area contributed by atoms with Gasteiger partial charge in [0.1, 0.15) is 0 Å². The molecule has 5 nitrogen and oxygen atoms in total. The second kappa shape index (κ2) is 4.49. The van der Waals surface area contributed by atoms with Crippen LogP contribution in [-0.2, 0) is 0 Å². The maximum atomic E-state index is 12.2. The summed E-state index contributed by atoms with van der Waals surface area (Å²) in [6.45, 7) is 4.39. The van der Waals surface area contributed by atoms with Crippen LogP contribution < -0.4 is 0 Å². The van der Waals surface area contributed by atoms with Gasteiger partial charge in [-0.3, -0.25) is 9.89 Å². The molecule has 94 valence electrons. The van der Waals surface area contributed by atoms with E-state index < -0.39 is 0 Å². The van der Waals surface area contributed by atoms with Gasteiger partial charge in [-0.1, -0.05) is 0 Å². The Balaban J connectivity index is 2.00. The number of carbonyl (C=O) groups excluding carboxylic acids is 1. The van der Waals surface area contributed by atoms with Crippen LogP contribution in [0.3, 0.4) is 0 Å². The topological polar surface area (TPSA) is 69.2 Å². The molecule has 1 saturated carbocycles. The number of amides is 1. The van der Waals surface area contributed by atoms with Crippen molar-refractivity contribution in [1.82, 2.24) is 15.1 Å². The van der Waals surface area contributed by atoms with Crippen LogP contribution in [0.2, 0.25) is 0 Å². The van der Waals surface area contributed by atoms with Gasteiger partial charge in [0.2, 0.25) is 0 Å². The van der Waals surface area contributed by atoms with E-state index in [4.69, 9.17) is 0 Å². The highest BCUT2D eigenvalue weighted by Crippen LogP contribution is 2.28.